The second-order valence-electron chi connectivity index (χ2n) is 8.34. The number of likely N-dealkylation sites (tertiary alicyclic amines) is 1. The van der Waals surface area contributed by atoms with Gasteiger partial charge in [0.25, 0.3) is 10.0 Å². The molecule has 0 bridgehead atoms. The predicted molar refractivity (Wildman–Crippen MR) is 132 cm³/mol. The number of sulfonamides is 1. The minimum Gasteiger partial charge on any atom is -0.338 e. The van der Waals surface area contributed by atoms with Crippen LogP contribution in [0, 0.1) is 6.92 Å². The fraction of sp³-hybridized carbons (Fsp3) is 0.348. The second-order valence-corrected chi connectivity index (χ2v) is 11.8. The van der Waals surface area contributed by atoms with Gasteiger partial charge in [-0.2, -0.15) is 4.72 Å². The molecule has 2 aromatic heterocycles. The van der Waals surface area contributed by atoms with Crippen LogP contribution in [0.2, 0.25) is 5.02 Å². The number of fused-ring (bicyclic) bond motifs is 1. The molecule has 2 amide bonds. The van der Waals surface area contributed by atoms with E-state index in [9.17, 15) is 18.0 Å². The first-order valence-corrected chi connectivity index (χ1v) is 13.5. The van der Waals surface area contributed by atoms with Gasteiger partial charge in [0, 0.05) is 29.0 Å². The maximum Gasteiger partial charge on any atom is 0.250 e. The molecule has 1 saturated heterocycles. The first-order valence-electron chi connectivity index (χ1n) is 10.8. The predicted octanol–water partition coefficient (Wildman–Crippen LogP) is 3.19. The van der Waals surface area contributed by atoms with Crippen LogP contribution >= 0.6 is 22.9 Å². The molecule has 0 spiro atoms. The lowest BCUT2D eigenvalue weighted by Crippen LogP contribution is -2.54. The van der Waals surface area contributed by atoms with Crippen LogP contribution < -0.4 is 4.72 Å². The third kappa shape index (κ3) is 5.57. The first-order chi connectivity index (χ1) is 16.1. The van der Waals surface area contributed by atoms with Crippen molar-refractivity contribution in [3.63, 3.8) is 0 Å². The topological polar surface area (TPSA) is 99.7 Å². The standard InChI is InChI=1S/C23H25ClN4O4S2/c1-15-5-3-6-18(25-15)13-27(2)21(29)14-28-10-4-7-19(23(28)30)26-34(31,32)22-11-16-8-9-17(24)12-20(16)33-22/h3,5-6,8-9,11-12,19,26H,4,7,10,13-14H2,1-2H3/t19-/m0/s1. The Morgan fingerprint density at radius 3 is 2.85 bits per heavy atom. The van der Waals surface area contributed by atoms with Crippen LogP contribution in [0.1, 0.15) is 24.2 Å². The molecule has 1 aliphatic heterocycles. The van der Waals surface area contributed by atoms with Gasteiger partial charge >= 0.3 is 0 Å². The molecular weight excluding hydrogens is 496 g/mol. The summed E-state index contributed by atoms with van der Waals surface area (Å²) in [7, 11) is -2.24. The summed E-state index contributed by atoms with van der Waals surface area (Å²) in [6, 6.07) is 11.4. The van der Waals surface area contributed by atoms with Crippen LogP contribution in [-0.4, -0.2) is 61.2 Å². The number of hydrogen-bond acceptors (Lipinski definition) is 6. The normalized spacial score (nSPS) is 16.7. The number of carbonyl (C=O) groups is 2. The van der Waals surface area contributed by atoms with Crippen molar-refractivity contribution in [3.8, 4) is 0 Å². The van der Waals surface area contributed by atoms with Crippen molar-refractivity contribution in [1.82, 2.24) is 19.5 Å². The van der Waals surface area contributed by atoms with Crippen molar-refractivity contribution in [1.29, 1.82) is 0 Å². The van der Waals surface area contributed by atoms with Crippen LogP contribution in [0.3, 0.4) is 0 Å². The zero-order chi connectivity index (χ0) is 24.5. The lowest BCUT2D eigenvalue weighted by atomic mass is 10.1. The van der Waals surface area contributed by atoms with Gasteiger partial charge in [0.1, 0.15) is 10.3 Å². The molecule has 180 valence electrons. The lowest BCUT2D eigenvalue weighted by molar-refractivity contribution is -0.142. The number of carbonyl (C=O) groups excluding carboxylic acids is 2. The SMILES string of the molecule is Cc1cccc(CN(C)C(=O)CN2CCC[C@H](NS(=O)(=O)c3cc4ccc(Cl)cc4s3)C2=O)n1. The lowest BCUT2D eigenvalue weighted by Gasteiger charge is -2.33. The van der Waals surface area contributed by atoms with E-state index in [2.05, 4.69) is 9.71 Å². The molecule has 1 aromatic carbocycles. The molecular formula is C23H25ClN4O4S2. The van der Waals surface area contributed by atoms with E-state index in [1.54, 1.807) is 31.3 Å². The van der Waals surface area contributed by atoms with Crippen molar-refractivity contribution in [3.05, 3.63) is 58.9 Å². The van der Waals surface area contributed by atoms with E-state index >= 15 is 0 Å². The van der Waals surface area contributed by atoms with E-state index in [1.165, 1.54) is 9.80 Å². The van der Waals surface area contributed by atoms with Gasteiger partial charge in [-0.25, -0.2) is 8.42 Å². The molecule has 1 N–H and O–H groups in total. The van der Waals surface area contributed by atoms with Gasteiger partial charge < -0.3 is 9.80 Å². The highest BCUT2D eigenvalue weighted by Gasteiger charge is 2.34. The number of likely N-dealkylation sites (N-methyl/N-ethyl adjacent to an activating group) is 1. The number of aromatic nitrogens is 1. The fourth-order valence-corrected chi connectivity index (χ4v) is 6.78. The average Bonchev–Trinajstić information content (AvgIpc) is 3.20. The van der Waals surface area contributed by atoms with E-state index in [1.807, 2.05) is 25.1 Å². The zero-order valence-corrected chi connectivity index (χ0v) is 21.2. The minimum absolute atomic E-state index is 0.110. The Morgan fingerprint density at radius 2 is 2.09 bits per heavy atom. The van der Waals surface area contributed by atoms with Gasteiger partial charge in [-0.05, 0) is 55.5 Å². The van der Waals surface area contributed by atoms with Gasteiger partial charge in [-0.1, -0.05) is 23.7 Å². The Labute approximate surface area is 207 Å². The summed E-state index contributed by atoms with van der Waals surface area (Å²) in [4.78, 5) is 33.1. The third-order valence-corrected chi connectivity index (χ3v) is 8.93. The van der Waals surface area contributed by atoms with Crippen molar-refractivity contribution < 1.29 is 18.0 Å². The van der Waals surface area contributed by atoms with Crippen molar-refractivity contribution in [2.24, 2.45) is 0 Å². The number of halogens is 1. The van der Waals surface area contributed by atoms with Gasteiger partial charge in [0.15, 0.2) is 0 Å². The maximum absolute atomic E-state index is 13.0. The Hall–Kier alpha value is -2.53. The number of nitrogens with zero attached hydrogens (tertiary/aromatic N) is 3. The van der Waals surface area contributed by atoms with Crippen LogP contribution in [0.25, 0.3) is 10.1 Å². The summed E-state index contributed by atoms with van der Waals surface area (Å²) in [6.45, 7) is 2.50. The Bertz CT molecular complexity index is 1340. The summed E-state index contributed by atoms with van der Waals surface area (Å²) in [6.07, 6.45) is 0.972. The molecule has 8 nitrogen and oxygen atoms in total. The first kappa shape index (κ1) is 24.6. The quantitative estimate of drug-likeness (QED) is 0.515. The number of rotatable bonds is 7. The average molecular weight is 521 g/mol. The fourth-order valence-electron chi connectivity index (χ4n) is 3.87. The summed E-state index contributed by atoms with van der Waals surface area (Å²) >= 11 is 7.10. The molecule has 0 radical (unpaired) electrons. The number of thiophene rings is 1. The minimum atomic E-state index is -3.91. The van der Waals surface area contributed by atoms with Crippen LogP contribution in [0.5, 0.6) is 0 Å². The number of benzene rings is 1. The van der Waals surface area contributed by atoms with E-state index in [0.717, 1.165) is 32.8 Å². The van der Waals surface area contributed by atoms with Crippen molar-refractivity contribution in [2.45, 2.75) is 36.6 Å². The summed E-state index contributed by atoms with van der Waals surface area (Å²) in [5.41, 5.74) is 1.62. The molecule has 11 heteroatoms. The number of amides is 2. The van der Waals surface area contributed by atoms with E-state index in [4.69, 9.17) is 11.6 Å². The highest BCUT2D eigenvalue weighted by atomic mass is 35.5. The van der Waals surface area contributed by atoms with Crippen LogP contribution in [-0.2, 0) is 26.2 Å². The number of aryl methyl sites for hydroxylation is 1. The second kappa shape index (κ2) is 9.99. The maximum atomic E-state index is 13.0. The molecule has 3 aromatic rings. The van der Waals surface area contributed by atoms with Crippen LogP contribution in [0.4, 0.5) is 0 Å². The van der Waals surface area contributed by atoms with E-state index in [-0.39, 0.29) is 16.7 Å². The van der Waals surface area contributed by atoms with Gasteiger partial charge in [0.2, 0.25) is 11.8 Å². The summed E-state index contributed by atoms with van der Waals surface area (Å²) < 4.78 is 29.4. The van der Waals surface area contributed by atoms with E-state index in [0.29, 0.717) is 31.0 Å². The van der Waals surface area contributed by atoms with Crippen molar-refractivity contribution in [2.75, 3.05) is 20.1 Å². The summed E-state index contributed by atoms with van der Waals surface area (Å²) in [5, 5.41) is 1.29. The zero-order valence-electron chi connectivity index (χ0n) is 18.8. The molecule has 1 fully saturated rings. The molecule has 4 rings (SSSR count). The summed E-state index contributed by atoms with van der Waals surface area (Å²) in [5.74, 6) is -0.629. The monoisotopic (exact) mass is 520 g/mol. The highest BCUT2D eigenvalue weighted by molar-refractivity contribution is 7.91. The number of nitrogens with one attached hydrogen (secondary N) is 1. The molecule has 0 unspecified atom stereocenters. The Morgan fingerprint density at radius 1 is 1.29 bits per heavy atom. The largest absolute Gasteiger partial charge is 0.338 e. The number of hydrogen-bond donors (Lipinski definition) is 1. The number of pyridine rings is 1. The molecule has 0 aliphatic carbocycles. The van der Waals surface area contributed by atoms with Crippen LogP contribution in [0.15, 0.2) is 46.7 Å². The Kier molecular flexibility index (Phi) is 7.22. The number of piperidine rings is 1. The highest BCUT2D eigenvalue weighted by Crippen LogP contribution is 2.31. The van der Waals surface area contributed by atoms with Gasteiger partial charge in [-0.15, -0.1) is 11.3 Å². The van der Waals surface area contributed by atoms with Gasteiger partial charge in [-0.3, -0.25) is 14.6 Å². The molecule has 0 saturated carbocycles. The molecule has 1 atom stereocenters. The van der Waals surface area contributed by atoms with E-state index < -0.39 is 22.0 Å². The molecule has 34 heavy (non-hydrogen) atoms. The molecule has 3 heterocycles. The van der Waals surface area contributed by atoms with Gasteiger partial charge in [0.05, 0.1) is 18.8 Å². The molecule has 1 aliphatic rings. The third-order valence-electron chi connectivity index (χ3n) is 5.65. The smallest absolute Gasteiger partial charge is 0.250 e. The Balaban J connectivity index is 1.41. The van der Waals surface area contributed by atoms with Crippen molar-refractivity contribution >= 4 is 54.9 Å².